The summed E-state index contributed by atoms with van der Waals surface area (Å²) in [6.45, 7) is 4.77. The van der Waals surface area contributed by atoms with Gasteiger partial charge in [-0.25, -0.2) is 4.98 Å². The fraction of sp³-hybridized carbons (Fsp3) is 0.333. The molecule has 1 N–H and O–H groups in total. The van der Waals surface area contributed by atoms with Gasteiger partial charge in [-0.05, 0) is 44.5 Å². The first kappa shape index (κ1) is 24.2. The van der Waals surface area contributed by atoms with E-state index in [-0.39, 0.29) is 35.2 Å². The molecular weight excluding hydrogens is 431 g/mol. The Hall–Kier alpha value is -3.06. The highest BCUT2D eigenvalue weighted by Gasteiger charge is 2.36. The third-order valence-electron chi connectivity index (χ3n) is 4.14. The number of halogens is 3. The third kappa shape index (κ3) is 6.21. The van der Waals surface area contributed by atoms with Crippen molar-refractivity contribution < 1.29 is 27.5 Å². The smallest absolute Gasteiger partial charge is 0.417 e. The number of hydrogen-bond donors (Lipinski definition) is 1. The molecule has 2 rings (SSSR count). The maximum Gasteiger partial charge on any atom is 0.417 e. The maximum absolute atomic E-state index is 13.6. The Morgan fingerprint density at radius 2 is 2.00 bits per heavy atom. The van der Waals surface area contributed by atoms with Gasteiger partial charge in [-0.15, -0.1) is 0 Å². The van der Waals surface area contributed by atoms with Crippen LogP contribution in [0.25, 0.3) is 0 Å². The summed E-state index contributed by atoms with van der Waals surface area (Å²) >= 11 is 0.894. The number of pyridine rings is 1. The predicted molar refractivity (Wildman–Crippen MR) is 110 cm³/mol. The van der Waals surface area contributed by atoms with Crippen molar-refractivity contribution in [3.05, 3.63) is 52.2 Å². The number of aryl methyl sites for hydroxylation is 2. The minimum absolute atomic E-state index is 0.121. The standard InChI is InChI=1S/C21H20F3N3O3S/c1-4-30-18(29)10-26-16-7-5-6-15(21(22,23)24)19(16)17(28)11-31-20-14(9-25)12(2)8-13(3)27-20/h5-8,26H,4,10-11H2,1-3H3. The van der Waals surface area contributed by atoms with E-state index in [4.69, 9.17) is 4.74 Å². The lowest BCUT2D eigenvalue weighted by Gasteiger charge is -2.17. The van der Waals surface area contributed by atoms with E-state index >= 15 is 0 Å². The Kier molecular flexibility index (Phi) is 8.05. The molecule has 0 aliphatic rings. The number of benzene rings is 1. The van der Waals surface area contributed by atoms with Gasteiger partial charge in [0.05, 0.1) is 29.1 Å². The molecule has 164 valence electrons. The summed E-state index contributed by atoms with van der Waals surface area (Å²) in [7, 11) is 0. The van der Waals surface area contributed by atoms with Crippen molar-refractivity contribution in [2.24, 2.45) is 0 Å². The summed E-state index contributed by atoms with van der Waals surface area (Å²) in [5.41, 5.74) is -0.248. The van der Waals surface area contributed by atoms with Crippen LogP contribution < -0.4 is 5.32 Å². The van der Waals surface area contributed by atoms with Gasteiger partial charge >= 0.3 is 12.1 Å². The number of rotatable bonds is 8. The van der Waals surface area contributed by atoms with Gasteiger partial charge in [0.15, 0.2) is 5.78 Å². The number of nitrogens with zero attached hydrogens (tertiary/aromatic N) is 2. The van der Waals surface area contributed by atoms with Gasteiger partial charge in [0.2, 0.25) is 0 Å². The Morgan fingerprint density at radius 1 is 1.29 bits per heavy atom. The van der Waals surface area contributed by atoms with Crippen LogP contribution in [0.5, 0.6) is 0 Å². The molecule has 0 radical (unpaired) electrons. The number of anilines is 1. The number of hydrogen-bond acceptors (Lipinski definition) is 7. The lowest BCUT2D eigenvalue weighted by Crippen LogP contribution is -2.21. The predicted octanol–water partition coefficient (Wildman–Crippen LogP) is 4.54. The quantitative estimate of drug-likeness (QED) is 0.358. The van der Waals surface area contributed by atoms with Crippen molar-refractivity contribution in [1.82, 2.24) is 4.98 Å². The summed E-state index contributed by atoms with van der Waals surface area (Å²) < 4.78 is 45.4. The second-order valence-corrected chi connectivity index (χ2v) is 7.43. The topological polar surface area (TPSA) is 92.1 Å². The number of carbonyl (C=O) groups is 2. The lowest BCUT2D eigenvalue weighted by atomic mass is 10.0. The Morgan fingerprint density at radius 3 is 2.61 bits per heavy atom. The minimum atomic E-state index is -4.77. The van der Waals surface area contributed by atoms with Crippen LogP contribution in [0.15, 0.2) is 29.3 Å². The zero-order valence-corrected chi connectivity index (χ0v) is 17.9. The number of carbonyl (C=O) groups excluding carboxylic acids is 2. The molecule has 6 nitrogen and oxygen atoms in total. The van der Waals surface area contributed by atoms with Crippen molar-refractivity contribution in [1.29, 1.82) is 5.26 Å². The molecule has 0 saturated heterocycles. The van der Waals surface area contributed by atoms with Crippen molar-refractivity contribution in [2.45, 2.75) is 32.0 Å². The Labute approximate surface area is 181 Å². The van der Waals surface area contributed by atoms with Gasteiger partial charge < -0.3 is 10.1 Å². The molecular formula is C21H20F3N3O3S. The van der Waals surface area contributed by atoms with E-state index < -0.39 is 29.1 Å². The number of Topliss-reactive ketones (excluding diaryl/α,β-unsaturated/α-hetero) is 1. The molecule has 1 aromatic carbocycles. The normalized spacial score (nSPS) is 11.0. The number of thioether (sulfide) groups is 1. The molecule has 0 spiro atoms. The molecule has 0 fully saturated rings. The molecule has 0 amide bonds. The highest BCUT2D eigenvalue weighted by Crippen LogP contribution is 2.36. The average Bonchev–Trinajstić information content (AvgIpc) is 2.69. The van der Waals surface area contributed by atoms with E-state index in [2.05, 4.69) is 10.3 Å². The number of aromatic nitrogens is 1. The number of ether oxygens (including phenoxy) is 1. The zero-order valence-electron chi connectivity index (χ0n) is 17.1. The van der Waals surface area contributed by atoms with Crippen LogP contribution >= 0.6 is 11.8 Å². The van der Waals surface area contributed by atoms with Crippen LogP contribution in [0.2, 0.25) is 0 Å². The SMILES string of the molecule is CCOC(=O)CNc1cccc(C(F)(F)F)c1C(=O)CSc1nc(C)cc(C)c1C#N. The van der Waals surface area contributed by atoms with Gasteiger partial charge in [-0.2, -0.15) is 18.4 Å². The number of alkyl halides is 3. The number of nitrogens with one attached hydrogen (secondary N) is 1. The molecule has 10 heteroatoms. The number of nitriles is 1. The molecule has 2 aromatic rings. The van der Waals surface area contributed by atoms with E-state index in [0.717, 1.165) is 23.9 Å². The largest absolute Gasteiger partial charge is 0.465 e. The molecule has 1 heterocycles. The lowest BCUT2D eigenvalue weighted by molar-refractivity contribution is -0.141. The van der Waals surface area contributed by atoms with E-state index in [1.807, 2.05) is 6.07 Å². The molecule has 0 saturated carbocycles. The van der Waals surface area contributed by atoms with E-state index in [1.165, 1.54) is 6.07 Å². The second kappa shape index (κ2) is 10.3. The minimum Gasteiger partial charge on any atom is -0.465 e. The van der Waals surface area contributed by atoms with Gasteiger partial charge in [0.25, 0.3) is 0 Å². The number of esters is 1. The molecule has 0 aliphatic heterocycles. The van der Waals surface area contributed by atoms with Gasteiger partial charge in [-0.3, -0.25) is 9.59 Å². The first-order valence-corrected chi connectivity index (χ1v) is 10.2. The molecule has 31 heavy (non-hydrogen) atoms. The van der Waals surface area contributed by atoms with Crippen LogP contribution in [0.1, 0.15) is 39.7 Å². The molecule has 0 aliphatic carbocycles. The fourth-order valence-electron chi connectivity index (χ4n) is 2.86. The Balaban J connectivity index is 2.36. The highest BCUT2D eigenvalue weighted by molar-refractivity contribution is 8.00. The monoisotopic (exact) mass is 451 g/mol. The first-order chi connectivity index (χ1) is 14.6. The van der Waals surface area contributed by atoms with Crippen molar-refractivity contribution in [2.75, 3.05) is 24.2 Å². The Bertz CT molecular complexity index is 1030. The summed E-state index contributed by atoms with van der Waals surface area (Å²) in [5, 5.41) is 12.2. The van der Waals surface area contributed by atoms with Gasteiger partial charge in [0, 0.05) is 11.4 Å². The van der Waals surface area contributed by atoms with Crippen LogP contribution in [-0.2, 0) is 15.7 Å². The number of ketones is 1. The van der Waals surface area contributed by atoms with E-state index in [1.54, 1.807) is 26.8 Å². The van der Waals surface area contributed by atoms with Crippen LogP contribution in [-0.4, -0.2) is 35.6 Å². The fourth-order valence-corrected chi connectivity index (χ4v) is 3.84. The second-order valence-electron chi connectivity index (χ2n) is 6.47. The van der Waals surface area contributed by atoms with Gasteiger partial charge in [0.1, 0.15) is 17.6 Å². The zero-order chi connectivity index (χ0) is 23.2. The summed E-state index contributed by atoms with van der Waals surface area (Å²) in [6.07, 6.45) is -4.77. The third-order valence-corrected chi connectivity index (χ3v) is 5.12. The molecule has 1 aromatic heterocycles. The summed E-state index contributed by atoms with van der Waals surface area (Å²) in [4.78, 5) is 28.7. The first-order valence-electron chi connectivity index (χ1n) is 9.22. The van der Waals surface area contributed by atoms with Gasteiger partial charge in [-0.1, -0.05) is 17.8 Å². The molecule has 0 unspecified atom stereocenters. The van der Waals surface area contributed by atoms with Crippen LogP contribution in [0.3, 0.4) is 0 Å². The van der Waals surface area contributed by atoms with Crippen molar-refractivity contribution >= 4 is 29.2 Å². The summed E-state index contributed by atoms with van der Waals surface area (Å²) in [6, 6.07) is 6.97. The van der Waals surface area contributed by atoms with E-state index in [0.29, 0.717) is 11.3 Å². The maximum atomic E-state index is 13.6. The molecule has 0 atom stereocenters. The highest BCUT2D eigenvalue weighted by atomic mass is 32.2. The van der Waals surface area contributed by atoms with Crippen molar-refractivity contribution in [3.8, 4) is 6.07 Å². The van der Waals surface area contributed by atoms with Crippen molar-refractivity contribution in [3.63, 3.8) is 0 Å². The molecule has 0 bridgehead atoms. The summed E-state index contributed by atoms with van der Waals surface area (Å²) in [5.74, 6) is -1.84. The van der Waals surface area contributed by atoms with Crippen LogP contribution in [0, 0.1) is 25.2 Å². The average molecular weight is 451 g/mol. The van der Waals surface area contributed by atoms with E-state index in [9.17, 15) is 28.0 Å². The van der Waals surface area contributed by atoms with Crippen LogP contribution in [0.4, 0.5) is 18.9 Å².